The molecule has 1 spiro atoms. The highest BCUT2D eigenvalue weighted by Gasteiger charge is 2.74. The van der Waals surface area contributed by atoms with Crippen molar-refractivity contribution in [2.24, 2.45) is 23.7 Å². The molecule has 5 aliphatic rings. The minimum Gasteiger partial charge on any atom is -0.348 e. The predicted octanol–water partition coefficient (Wildman–Crippen LogP) is 4.98. The predicted molar refractivity (Wildman–Crippen MR) is 84.3 cm³/mol. The maximum absolute atomic E-state index is 13.8. The van der Waals surface area contributed by atoms with Crippen molar-refractivity contribution in [3.05, 3.63) is 0 Å². The molecule has 8 atom stereocenters. The molecule has 2 aliphatic carbocycles. The van der Waals surface area contributed by atoms with Gasteiger partial charge >= 0.3 is 6.18 Å². The van der Waals surface area contributed by atoms with Gasteiger partial charge in [0.25, 0.3) is 0 Å². The van der Waals surface area contributed by atoms with E-state index in [9.17, 15) is 13.2 Å². The zero-order valence-corrected chi connectivity index (χ0v) is 15.7. The van der Waals surface area contributed by atoms with Crippen LogP contribution in [0.1, 0.15) is 52.9 Å². The van der Waals surface area contributed by atoms with Crippen LogP contribution in [0.15, 0.2) is 0 Å². The molecule has 7 heteroatoms. The first-order chi connectivity index (χ1) is 11.0. The number of halogens is 4. The highest BCUT2D eigenvalue weighted by atomic mass is 79.9. The van der Waals surface area contributed by atoms with Crippen molar-refractivity contribution >= 4 is 15.9 Å². The number of alkyl halides is 4. The Bertz CT molecular complexity index is 544. The van der Waals surface area contributed by atoms with Crippen molar-refractivity contribution in [1.29, 1.82) is 0 Å². The van der Waals surface area contributed by atoms with E-state index in [-0.39, 0.29) is 11.8 Å². The highest BCUT2D eigenvalue weighted by Crippen LogP contribution is 2.65. The van der Waals surface area contributed by atoms with Gasteiger partial charge in [-0.1, -0.05) is 13.8 Å². The normalized spacial score (nSPS) is 57.4. The first-order valence-corrected chi connectivity index (χ1v) is 9.63. The Morgan fingerprint density at radius 1 is 1.04 bits per heavy atom. The van der Waals surface area contributed by atoms with Crippen molar-refractivity contribution in [1.82, 2.24) is 0 Å². The van der Waals surface area contributed by atoms with Gasteiger partial charge in [0.15, 0.2) is 0 Å². The van der Waals surface area contributed by atoms with Crippen molar-refractivity contribution in [3.8, 4) is 0 Å². The molecule has 138 valence electrons. The largest absolute Gasteiger partial charge is 0.427 e. The number of rotatable bonds is 0. The topological polar surface area (TPSA) is 27.7 Å². The van der Waals surface area contributed by atoms with Crippen molar-refractivity contribution < 1.29 is 27.7 Å². The lowest BCUT2D eigenvalue weighted by Crippen LogP contribution is -2.73. The van der Waals surface area contributed by atoms with Crippen LogP contribution < -0.4 is 0 Å². The van der Waals surface area contributed by atoms with E-state index in [1.165, 1.54) is 0 Å². The van der Waals surface area contributed by atoms with Gasteiger partial charge in [0.2, 0.25) is 4.51 Å². The maximum Gasteiger partial charge on any atom is 0.427 e. The fraction of sp³-hybridized carbons (Fsp3) is 1.00. The summed E-state index contributed by atoms with van der Waals surface area (Å²) >= 11 is 2.95. The van der Waals surface area contributed by atoms with Crippen LogP contribution in [0.2, 0.25) is 0 Å². The van der Waals surface area contributed by atoms with Crippen LogP contribution in [0.5, 0.6) is 0 Å². The first-order valence-electron chi connectivity index (χ1n) is 8.84. The van der Waals surface area contributed by atoms with Gasteiger partial charge in [0.1, 0.15) is 11.2 Å². The minimum absolute atomic E-state index is 0.179. The monoisotopic (exact) mass is 412 g/mol. The second-order valence-electron chi connectivity index (χ2n) is 8.52. The molecule has 3 nitrogen and oxygen atoms in total. The van der Waals surface area contributed by atoms with Gasteiger partial charge in [0.05, 0.1) is 6.10 Å². The molecule has 0 aromatic rings. The number of fused-ring (bicyclic) bond motifs is 2. The SMILES string of the molecule is C[C@@H]1CC[C@H]2[C@@H](C)[C@](Br)(C(F)(F)F)O[C@@H]3C[C@@]4(C)CC[C@@H]1[C@]32OO4. The molecule has 2 saturated carbocycles. The van der Waals surface area contributed by atoms with Crippen LogP contribution in [-0.4, -0.2) is 28.0 Å². The smallest absolute Gasteiger partial charge is 0.348 e. The zero-order chi connectivity index (χ0) is 17.5. The lowest BCUT2D eigenvalue weighted by molar-refractivity contribution is -0.496. The van der Waals surface area contributed by atoms with E-state index in [1.54, 1.807) is 6.92 Å². The molecule has 0 aromatic heterocycles. The fourth-order valence-corrected chi connectivity index (χ4v) is 6.33. The molecule has 0 unspecified atom stereocenters. The standard InChI is InChI=1S/C17H24BrF3O3/c1-9-4-5-12-10(2)16(18,17(19,20)21)22-13-8-14(3)7-6-11(9)15(12,13)24-23-14/h9-13H,4-8H2,1-3H3/t9-,10-,11+,12+,13-,14-,15-,16-/m1/s1. The Morgan fingerprint density at radius 2 is 1.75 bits per heavy atom. The minimum atomic E-state index is -4.47. The molecular weight excluding hydrogens is 389 g/mol. The summed E-state index contributed by atoms with van der Waals surface area (Å²) < 4.78 is 45.0. The molecule has 2 bridgehead atoms. The summed E-state index contributed by atoms with van der Waals surface area (Å²) in [7, 11) is 0. The van der Waals surface area contributed by atoms with Gasteiger partial charge in [-0.2, -0.15) is 13.2 Å². The second kappa shape index (κ2) is 5.11. The van der Waals surface area contributed by atoms with E-state index in [4.69, 9.17) is 14.5 Å². The van der Waals surface area contributed by atoms with Crippen molar-refractivity contribution in [3.63, 3.8) is 0 Å². The first kappa shape index (κ1) is 17.6. The molecule has 0 aromatic carbocycles. The molecule has 0 radical (unpaired) electrons. The molecule has 0 amide bonds. The van der Waals surface area contributed by atoms with Crippen LogP contribution in [0, 0.1) is 23.7 Å². The summed E-state index contributed by atoms with van der Waals surface area (Å²) in [5, 5.41) is 0. The average Bonchev–Trinajstić information content (AvgIpc) is 2.70. The third kappa shape index (κ3) is 2.07. The Hall–Kier alpha value is 0.150. The molecule has 0 N–H and O–H groups in total. The highest BCUT2D eigenvalue weighted by molar-refractivity contribution is 9.10. The number of hydrogen-bond donors (Lipinski definition) is 0. The van der Waals surface area contributed by atoms with E-state index in [0.29, 0.717) is 18.8 Å². The third-order valence-electron chi connectivity index (χ3n) is 7.16. The summed E-state index contributed by atoms with van der Waals surface area (Å²) in [5.74, 6) is -0.397. The summed E-state index contributed by atoms with van der Waals surface area (Å²) in [6.07, 6.45) is -1.28. The van der Waals surface area contributed by atoms with Gasteiger partial charge < -0.3 is 4.74 Å². The summed E-state index contributed by atoms with van der Waals surface area (Å²) in [5.41, 5.74) is -1.33. The molecule has 3 saturated heterocycles. The van der Waals surface area contributed by atoms with Gasteiger partial charge in [-0.15, -0.1) is 0 Å². The van der Waals surface area contributed by atoms with E-state index in [1.807, 2.05) is 6.92 Å². The van der Waals surface area contributed by atoms with E-state index >= 15 is 0 Å². The van der Waals surface area contributed by atoms with Crippen molar-refractivity contribution in [2.75, 3.05) is 0 Å². The third-order valence-corrected chi connectivity index (χ3v) is 8.52. The summed E-state index contributed by atoms with van der Waals surface area (Å²) in [6.45, 7) is 5.73. The molecule has 3 heterocycles. The van der Waals surface area contributed by atoms with Gasteiger partial charge in [-0.05, 0) is 60.4 Å². The van der Waals surface area contributed by atoms with Gasteiger partial charge in [-0.3, -0.25) is 0 Å². The van der Waals surface area contributed by atoms with E-state index in [0.717, 1.165) is 19.3 Å². The van der Waals surface area contributed by atoms with Crippen LogP contribution in [0.4, 0.5) is 13.2 Å². The Balaban J connectivity index is 1.84. The fourth-order valence-electron chi connectivity index (χ4n) is 5.79. The lowest BCUT2D eigenvalue weighted by Gasteiger charge is -2.63. The number of hydrogen-bond acceptors (Lipinski definition) is 3. The maximum atomic E-state index is 13.8. The Morgan fingerprint density at radius 3 is 2.42 bits per heavy atom. The van der Waals surface area contributed by atoms with Crippen LogP contribution in [0.25, 0.3) is 0 Å². The quantitative estimate of drug-likeness (QED) is 0.414. The summed E-state index contributed by atoms with van der Waals surface area (Å²) in [6, 6.07) is 0. The molecular formula is C17H24BrF3O3. The Labute approximate surface area is 148 Å². The zero-order valence-electron chi connectivity index (χ0n) is 14.2. The molecule has 5 fully saturated rings. The second-order valence-corrected chi connectivity index (χ2v) is 9.70. The number of ether oxygens (including phenoxy) is 1. The van der Waals surface area contributed by atoms with Crippen molar-refractivity contribution in [2.45, 2.75) is 80.9 Å². The molecule has 24 heavy (non-hydrogen) atoms. The van der Waals surface area contributed by atoms with Crippen LogP contribution in [0.3, 0.4) is 0 Å². The van der Waals surface area contributed by atoms with Crippen LogP contribution >= 0.6 is 15.9 Å². The summed E-state index contributed by atoms with van der Waals surface area (Å²) in [4.78, 5) is 11.8. The van der Waals surface area contributed by atoms with Gasteiger partial charge in [-0.25, -0.2) is 9.78 Å². The molecule has 3 aliphatic heterocycles. The average molecular weight is 413 g/mol. The van der Waals surface area contributed by atoms with Crippen LogP contribution in [-0.2, 0) is 14.5 Å². The van der Waals surface area contributed by atoms with E-state index in [2.05, 4.69) is 22.9 Å². The lowest BCUT2D eigenvalue weighted by atomic mass is 9.56. The van der Waals surface area contributed by atoms with E-state index < -0.39 is 33.9 Å². The Kier molecular flexibility index (Phi) is 3.74. The van der Waals surface area contributed by atoms with Gasteiger partial charge in [0, 0.05) is 18.3 Å². The molecule has 5 rings (SSSR count).